The van der Waals surface area contributed by atoms with E-state index in [-0.39, 0.29) is 6.54 Å². The van der Waals surface area contributed by atoms with Crippen molar-refractivity contribution in [3.63, 3.8) is 0 Å². The normalized spacial score (nSPS) is 26.5. The van der Waals surface area contributed by atoms with E-state index in [0.717, 1.165) is 0 Å². The van der Waals surface area contributed by atoms with Gasteiger partial charge >= 0.3 is 7.12 Å². The van der Waals surface area contributed by atoms with Crippen molar-refractivity contribution in [2.24, 2.45) is 0 Å². The highest BCUT2D eigenvalue weighted by Gasteiger charge is 2.52. The summed E-state index contributed by atoms with van der Waals surface area (Å²) in [6, 6.07) is 0. The third-order valence-electron chi connectivity index (χ3n) is 3.54. The second-order valence-electron chi connectivity index (χ2n) is 5.60. The van der Waals surface area contributed by atoms with Crippen LogP contribution in [0.4, 0.5) is 0 Å². The van der Waals surface area contributed by atoms with E-state index in [9.17, 15) is 5.11 Å². The molecule has 6 heteroatoms. The van der Waals surface area contributed by atoms with Gasteiger partial charge < -0.3 is 14.4 Å². The minimum absolute atomic E-state index is 0.101. The second kappa shape index (κ2) is 4.37. The highest BCUT2D eigenvalue weighted by atomic mass is 16.7. The van der Waals surface area contributed by atoms with E-state index in [0.29, 0.717) is 5.46 Å². The Labute approximate surface area is 112 Å². The smallest absolute Gasteiger partial charge is 0.399 e. The highest BCUT2D eigenvalue weighted by molar-refractivity contribution is 6.61. The van der Waals surface area contributed by atoms with Crippen molar-refractivity contribution in [3.05, 3.63) is 12.4 Å². The molecule has 1 aliphatic rings. The van der Waals surface area contributed by atoms with E-state index in [1.54, 1.807) is 12.4 Å². The van der Waals surface area contributed by atoms with Crippen molar-refractivity contribution in [3.8, 4) is 0 Å². The van der Waals surface area contributed by atoms with Crippen LogP contribution in [0.5, 0.6) is 0 Å². The molecule has 100 valence electrons. The van der Waals surface area contributed by atoms with Crippen LogP contribution in [0.3, 0.4) is 0 Å². The first-order valence-electron chi connectivity index (χ1n) is 7.48. The van der Waals surface area contributed by atoms with Gasteiger partial charge in [0.15, 0.2) is 0 Å². The Kier molecular flexibility index (Phi) is 2.43. The molecule has 5 nitrogen and oxygen atoms in total. The van der Waals surface area contributed by atoms with Gasteiger partial charge in [0.2, 0.25) is 0 Å². The van der Waals surface area contributed by atoms with Gasteiger partial charge in [-0.1, -0.05) is 0 Å². The fourth-order valence-corrected chi connectivity index (χ4v) is 1.76. The monoisotopic (exact) mass is 255 g/mol. The lowest BCUT2D eigenvalue weighted by atomic mass is 9.82. The summed E-state index contributed by atoms with van der Waals surface area (Å²) in [6.07, 6.45) is 1.74. The van der Waals surface area contributed by atoms with Crippen LogP contribution in [0, 0.1) is 0 Å². The maximum atomic E-state index is 9.59. The SMILES string of the molecule is [2H]C([2H])([2H])[C@@H](O)Cn1cc(B2OC(C)(C)C(C)(C)O2)cn1. The Balaban J connectivity index is 2.08. The molecule has 2 heterocycles. The van der Waals surface area contributed by atoms with E-state index < -0.39 is 31.3 Å². The molecule has 0 saturated carbocycles. The molecule has 0 aliphatic carbocycles. The zero-order valence-corrected chi connectivity index (χ0v) is 11.2. The molecule has 0 radical (unpaired) electrons. The van der Waals surface area contributed by atoms with Gasteiger partial charge in [-0.25, -0.2) is 0 Å². The van der Waals surface area contributed by atoms with Crippen LogP contribution in [0.1, 0.15) is 38.7 Å². The van der Waals surface area contributed by atoms with Crippen molar-refractivity contribution in [2.75, 3.05) is 0 Å². The predicted octanol–water partition coefficient (Wildman–Crippen LogP) is 0.563. The van der Waals surface area contributed by atoms with Gasteiger partial charge in [0.05, 0.1) is 23.9 Å². The average molecular weight is 255 g/mol. The number of aromatic nitrogens is 2. The summed E-state index contributed by atoms with van der Waals surface area (Å²) in [7, 11) is -0.548. The average Bonchev–Trinajstić information content (AvgIpc) is 2.81. The number of hydrogen-bond donors (Lipinski definition) is 1. The van der Waals surface area contributed by atoms with Crippen LogP contribution in [-0.2, 0) is 15.9 Å². The zero-order chi connectivity index (χ0) is 16.1. The summed E-state index contributed by atoms with van der Waals surface area (Å²) < 4.78 is 34.6. The summed E-state index contributed by atoms with van der Waals surface area (Å²) in [5.41, 5.74) is -0.193. The minimum Gasteiger partial charge on any atom is -0.399 e. The molecule has 1 saturated heterocycles. The maximum absolute atomic E-state index is 9.59. The van der Waals surface area contributed by atoms with Crippen molar-refractivity contribution < 1.29 is 18.5 Å². The van der Waals surface area contributed by atoms with E-state index in [4.69, 9.17) is 13.4 Å². The van der Waals surface area contributed by atoms with Gasteiger partial charge in [0.1, 0.15) is 0 Å². The molecule has 18 heavy (non-hydrogen) atoms. The van der Waals surface area contributed by atoms with Crippen LogP contribution >= 0.6 is 0 Å². The minimum atomic E-state index is -2.42. The fraction of sp³-hybridized carbons (Fsp3) is 0.750. The summed E-state index contributed by atoms with van der Waals surface area (Å²) in [4.78, 5) is 0. The van der Waals surface area contributed by atoms with Crippen molar-refractivity contribution >= 4 is 12.6 Å². The molecule has 0 spiro atoms. The lowest BCUT2D eigenvalue weighted by Gasteiger charge is -2.32. The van der Waals surface area contributed by atoms with Crippen LogP contribution in [-0.4, -0.2) is 39.3 Å². The van der Waals surface area contributed by atoms with E-state index in [1.165, 1.54) is 4.68 Å². The Morgan fingerprint density at radius 1 is 1.44 bits per heavy atom. The molecular weight excluding hydrogens is 231 g/mol. The standard InChI is InChI=1S/C12H21BN2O3/c1-9(16)7-15-8-10(6-14-15)13-17-11(2,3)12(4,5)18-13/h6,8-9,16H,7H2,1-5H3/t9-/m1/s1/i1D3. The first-order valence-corrected chi connectivity index (χ1v) is 5.98. The summed E-state index contributed by atoms with van der Waals surface area (Å²) in [5.74, 6) is 0. The Morgan fingerprint density at radius 2 is 2.06 bits per heavy atom. The van der Waals surface area contributed by atoms with Gasteiger partial charge in [-0.2, -0.15) is 5.10 Å². The zero-order valence-electron chi connectivity index (χ0n) is 14.2. The van der Waals surface area contributed by atoms with Crippen LogP contribution in [0.25, 0.3) is 0 Å². The van der Waals surface area contributed by atoms with Crippen molar-refractivity contribution in [2.45, 2.75) is 58.4 Å². The molecular formula is C12H21BN2O3. The Bertz CT molecular complexity index is 500. The number of aliphatic hydroxyl groups is 1. The molecule has 0 aromatic carbocycles. The predicted molar refractivity (Wildman–Crippen MR) is 69.6 cm³/mol. The second-order valence-corrected chi connectivity index (χ2v) is 5.60. The topological polar surface area (TPSA) is 56.5 Å². The van der Waals surface area contributed by atoms with Gasteiger partial charge in [-0.3, -0.25) is 4.68 Å². The Hall–Kier alpha value is -0.845. The third-order valence-corrected chi connectivity index (χ3v) is 3.54. The molecule has 0 amide bonds. The third kappa shape index (κ3) is 2.46. The van der Waals surface area contributed by atoms with Crippen LogP contribution in [0.2, 0.25) is 0 Å². The van der Waals surface area contributed by atoms with Gasteiger partial charge in [-0.15, -0.1) is 0 Å². The summed E-state index contributed by atoms with van der Waals surface area (Å²) >= 11 is 0. The molecule has 1 N–H and O–H groups in total. The number of rotatable bonds is 3. The molecule has 1 aromatic heterocycles. The van der Waals surface area contributed by atoms with Gasteiger partial charge in [0, 0.05) is 22.0 Å². The fourth-order valence-electron chi connectivity index (χ4n) is 1.76. The molecule has 1 aromatic rings. The maximum Gasteiger partial charge on any atom is 0.498 e. The van der Waals surface area contributed by atoms with Crippen LogP contribution in [0.15, 0.2) is 12.4 Å². The van der Waals surface area contributed by atoms with Gasteiger partial charge in [-0.05, 0) is 34.5 Å². The summed E-state index contributed by atoms with van der Waals surface area (Å²) in [6.45, 7) is 5.30. The van der Waals surface area contributed by atoms with E-state index in [1.807, 2.05) is 27.7 Å². The van der Waals surface area contributed by atoms with E-state index >= 15 is 0 Å². The first kappa shape index (κ1) is 10.0. The molecule has 0 bridgehead atoms. The highest BCUT2D eigenvalue weighted by Crippen LogP contribution is 2.36. The summed E-state index contributed by atoms with van der Waals surface area (Å²) in [5, 5.41) is 13.7. The molecule has 1 aliphatic heterocycles. The molecule has 1 fully saturated rings. The molecule has 0 unspecified atom stereocenters. The van der Waals surface area contributed by atoms with Crippen molar-refractivity contribution in [1.29, 1.82) is 0 Å². The molecule has 2 rings (SSSR count). The lowest BCUT2D eigenvalue weighted by Crippen LogP contribution is -2.41. The van der Waals surface area contributed by atoms with Crippen LogP contribution < -0.4 is 5.46 Å². The quantitative estimate of drug-likeness (QED) is 0.802. The number of hydrogen-bond acceptors (Lipinski definition) is 4. The van der Waals surface area contributed by atoms with Crippen molar-refractivity contribution in [1.82, 2.24) is 9.78 Å². The van der Waals surface area contributed by atoms with Gasteiger partial charge in [0.25, 0.3) is 0 Å². The lowest BCUT2D eigenvalue weighted by molar-refractivity contribution is 0.00578. The Morgan fingerprint density at radius 3 is 2.61 bits per heavy atom. The largest absolute Gasteiger partial charge is 0.498 e. The molecule has 1 atom stereocenters. The number of aliphatic hydroxyl groups excluding tert-OH is 1. The van der Waals surface area contributed by atoms with E-state index in [2.05, 4.69) is 5.10 Å². The first-order chi connectivity index (χ1) is 9.42. The number of nitrogens with zero attached hydrogens (tertiary/aromatic N) is 2.